The highest BCUT2D eigenvalue weighted by Gasteiger charge is 2.31. The average Bonchev–Trinajstić information content (AvgIpc) is 2.94. The first-order valence-electron chi connectivity index (χ1n) is 8.23. The molecule has 1 aliphatic carbocycles. The smallest absolute Gasteiger partial charge is 0.251 e. The van der Waals surface area contributed by atoms with E-state index in [1.54, 1.807) is 24.3 Å². The summed E-state index contributed by atoms with van der Waals surface area (Å²) in [4.78, 5) is 24.6. The fourth-order valence-electron chi connectivity index (χ4n) is 3.05. The predicted molar refractivity (Wildman–Crippen MR) is 92.2 cm³/mol. The van der Waals surface area contributed by atoms with Crippen LogP contribution in [0.4, 0.5) is 5.69 Å². The van der Waals surface area contributed by atoms with E-state index < -0.39 is 0 Å². The fraction of sp³-hybridized carbons (Fsp3) is 0.556. The largest absolute Gasteiger partial charge is 0.347 e. The standard InChI is InChI=1S/C18H27N3O2/c1-18(2,3)21-16(22)12-6-4-8-14(10-12)20-17(23)15-9-5-7-13(15)11-19/h4,6,8,10,13,15H,5,7,9,11,19H2,1-3H3,(H,20,23)(H,21,22)/t13-,15-/m1/s1. The van der Waals surface area contributed by atoms with Crippen LogP contribution < -0.4 is 16.4 Å². The highest BCUT2D eigenvalue weighted by molar-refractivity contribution is 5.98. The highest BCUT2D eigenvalue weighted by atomic mass is 16.2. The van der Waals surface area contributed by atoms with E-state index in [2.05, 4.69) is 10.6 Å². The maximum absolute atomic E-state index is 12.4. The van der Waals surface area contributed by atoms with E-state index in [4.69, 9.17) is 5.73 Å². The monoisotopic (exact) mass is 317 g/mol. The van der Waals surface area contributed by atoms with Gasteiger partial charge in [-0.1, -0.05) is 12.5 Å². The first-order valence-corrected chi connectivity index (χ1v) is 8.23. The van der Waals surface area contributed by atoms with Crippen LogP contribution >= 0.6 is 0 Å². The van der Waals surface area contributed by atoms with Crippen molar-refractivity contribution in [1.29, 1.82) is 0 Å². The molecule has 2 atom stereocenters. The Balaban J connectivity index is 2.05. The van der Waals surface area contributed by atoms with Crippen LogP contribution in [0, 0.1) is 11.8 Å². The second-order valence-corrected chi connectivity index (χ2v) is 7.31. The third-order valence-electron chi connectivity index (χ3n) is 4.18. The molecule has 23 heavy (non-hydrogen) atoms. The van der Waals surface area contributed by atoms with Crippen LogP contribution in [-0.2, 0) is 4.79 Å². The molecule has 5 heteroatoms. The topological polar surface area (TPSA) is 84.2 Å². The van der Waals surface area contributed by atoms with Gasteiger partial charge in [-0.05, 0) is 64.3 Å². The lowest BCUT2D eigenvalue weighted by molar-refractivity contribution is -0.120. The SMILES string of the molecule is CC(C)(C)NC(=O)c1cccc(NC(=O)[C@@H]2CCC[C@@H]2CN)c1. The molecule has 0 unspecified atom stereocenters. The summed E-state index contributed by atoms with van der Waals surface area (Å²) in [5, 5.41) is 5.85. The summed E-state index contributed by atoms with van der Waals surface area (Å²) in [7, 11) is 0. The minimum atomic E-state index is -0.297. The fourth-order valence-corrected chi connectivity index (χ4v) is 3.05. The Kier molecular flexibility index (Phi) is 5.42. The minimum absolute atomic E-state index is 0.00586. The Labute approximate surface area is 138 Å². The Morgan fingerprint density at radius 2 is 2.00 bits per heavy atom. The zero-order valence-corrected chi connectivity index (χ0v) is 14.2. The minimum Gasteiger partial charge on any atom is -0.347 e. The first-order chi connectivity index (χ1) is 10.8. The first kappa shape index (κ1) is 17.5. The van der Waals surface area contributed by atoms with Crippen LogP contribution in [0.5, 0.6) is 0 Å². The molecule has 1 saturated carbocycles. The summed E-state index contributed by atoms with van der Waals surface area (Å²) < 4.78 is 0. The van der Waals surface area contributed by atoms with E-state index in [0.29, 0.717) is 17.8 Å². The van der Waals surface area contributed by atoms with Gasteiger partial charge in [-0.15, -0.1) is 0 Å². The molecule has 126 valence electrons. The number of rotatable bonds is 4. The molecule has 4 N–H and O–H groups in total. The van der Waals surface area contributed by atoms with Gasteiger partial charge >= 0.3 is 0 Å². The molecule has 1 aliphatic rings. The lowest BCUT2D eigenvalue weighted by Gasteiger charge is -2.21. The summed E-state index contributed by atoms with van der Waals surface area (Å²) in [6, 6.07) is 7.04. The van der Waals surface area contributed by atoms with Crippen molar-refractivity contribution in [3.05, 3.63) is 29.8 Å². The van der Waals surface area contributed by atoms with Gasteiger partial charge in [0.05, 0.1) is 0 Å². The third-order valence-corrected chi connectivity index (χ3v) is 4.18. The lowest BCUT2D eigenvalue weighted by atomic mass is 9.95. The molecule has 0 heterocycles. The van der Waals surface area contributed by atoms with Gasteiger partial charge in [0.2, 0.25) is 5.91 Å². The van der Waals surface area contributed by atoms with Gasteiger partial charge in [0, 0.05) is 22.7 Å². The van der Waals surface area contributed by atoms with E-state index >= 15 is 0 Å². The van der Waals surface area contributed by atoms with Crippen molar-refractivity contribution in [3.63, 3.8) is 0 Å². The lowest BCUT2D eigenvalue weighted by Crippen LogP contribution is -2.40. The molecule has 5 nitrogen and oxygen atoms in total. The van der Waals surface area contributed by atoms with Crippen molar-refractivity contribution in [3.8, 4) is 0 Å². The molecule has 2 amide bonds. The van der Waals surface area contributed by atoms with Crippen LogP contribution in [0.3, 0.4) is 0 Å². The van der Waals surface area contributed by atoms with Gasteiger partial charge in [0.1, 0.15) is 0 Å². The normalized spacial score (nSPS) is 21.0. The molecule has 0 radical (unpaired) electrons. The van der Waals surface area contributed by atoms with E-state index in [0.717, 1.165) is 19.3 Å². The van der Waals surface area contributed by atoms with Crippen LogP contribution in [0.15, 0.2) is 24.3 Å². The number of amides is 2. The summed E-state index contributed by atoms with van der Waals surface area (Å²) >= 11 is 0. The number of carbonyl (C=O) groups is 2. The van der Waals surface area contributed by atoms with Gasteiger partial charge < -0.3 is 16.4 Å². The van der Waals surface area contributed by atoms with Gasteiger partial charge in [-0.2, -0.15) is 0 Å². The summed E-state index contributed by atoms with van der Waals surface area (Å²) in [5.41, 5.74) is 6.64. The van der Waals surface area contributed by atoms with Gasteiger partial charge in [-0.25, -0.2) is 0 Å². The Morgan fingerprint density at radius 3 is 2.65 bits per heavy atom. The van der Waals surface area contributed by atoms with E-state index in [1.165, 1.54) is 0 Å². The van der Waals surface area contributed by atoms with Crippen molar-refractivity contribution in [1.82, 2.24) is 5.32 Å². The summed E-state index contributed by atoms with van der Waals surface area (Å²) in [6.07, 6.45) is 2.95. The van der Waals surface area contributed by atoms with E-state index in [9.17, 15) is 9.59 Å². The number of nitrogens with two attached hydrogens (primary N) is 1. The quantitative estimate of drug-likeness (QED) is 0.798. The zero-order chi connectivity index (χ0) is 17.0. The van der Waals surface area contributed by atoms with E-state index in [1.807, 2.05) is 20.8 Å². The van der Waals surface area contributed by atoms with Crippen molar-refractivity contribution in [2.75, 3.05) is 11.9 Å². The maximum atomic E-state index is 12.4. The molecule has 1 aromatic carbocycles. The van der Waals surface area contributed by atoms with Crippen LogP contribution in [0.25, 0.3) is 0 Å². The van der Waals surface area contributed by atoms with Crippen LogP contribution in [-0.4, -0.2) is 23.9 Å². The average molecular weight is 317 g/mol. The number of carbonyl (C=O) groups excluding carboxylic acids is 2. The van der Waals surface area contributed by atoms with Gasteiger partial charge in [0.15, 0.2) is 0 Å². The van der Waals surface area contributed by atoms with Crippen molar-refractivity contribution >= 4 is 17.5 Å². The van der Waals surface area contributed by atoms with Crippen LogP contribution in [0.2, 0.25) is 0 Å². The van der Waals surface area contributed by atoms with Crippen molar-refractivity contribution in [2.45, 2.75) is 45.6 Å². The summed E-state index contributed by atoms with van der Waals surface area (Å²) in [5.74, 6) is 0.107. The molecule has 0 aromatic heterocycles. The molecule has 0 bridgehead atoms. The molecule has 0 saturated heterocycles. The Hall–Kier alpha value is -1.88. The number of benzene rings is 1. The maximum Gasteiger partial charge on any atom is 0.251 e. The molecule has 0 spiro atoms. The predicted octanol–water partition coefficient (Wildman–Crippen LogP) is 2.53. The third kappa shape index (κ3) is 4.79. The number of anilines is 1. The second kappa shape index (κ2) is 7.13. The van der Waals surface area contributed by atoms with Gasteiger partial charge in [-0.3, -0.25) is 9.59 Å². The molecule has 0 aliphatic heterocycles. The molecule has 1 fully saturated rings. The Bertz CT molecular complexity index is 578. The molecular weight excluding hydrogens is 290 g/mol. The van der Waals surface area contributed by atoms with Gasteiger partial charge in [0.25, 0.3) is 5.91 Å². The molecule has 2 rings (SSSR count). The Morgan fingerprint density at radius 1 is 1.26 bits per heavy atom. The summed E-state index contributed by atoms with van der Waals surface area (Å²) in [6.45, 7) is 6.35. The van der Waals surface area contributed by atoms with Crippen LogP contribution in [0.1, 0.15) is 50.4 Å². The van der Waals surface area contributed by atoms with Crippen molar-refractivity contribution in [2.24, 2.45) is 17.6 Å². The highest BCUT2D eigenvalue weighted by Crippen LogP contribution is 2.31. The number of nitrogens with one attached hydrogen (secondary N) is 2. The van der Waals surface area contributed by atoms with Crippen molar-refractivity contribution < 1.29 is 9.59 Å². The second-order valence-electron chi connectivity index (χ2n) is 7.31. The number of hydrogen-bond donors (Lipinski definition) is 3. The molecular formula is C18H27N3O2. The zero-order valence-electron chi connectivity index (χ0n) is 14.2. The van der Waals surface area contributed by atoms with E-state index in [-0.39, 0.29) is 29.2 Å². The number of hydrogen-bond acceptors (Lipinski definition) is 3. The molecule has 1 aromatic rings.